The van der Waals surface area contributed by atoms with E-state index < -0.39 is 33.5 Å². The second kappa shape index (κ2) is 13.4. The molecule has 3 aliphatic rings. The van der Waals surface area contributed by atoms with Gasteiger partial charge in [-0.2, -0.15) is 13.5 Å². The van der Waals surface area contributed by atoms with Crippen molar-refractivity contribution in [3.8, 4) is 16.9 Å². The topological polar surface area (TPSA) is 75.7 Å². The minimum atomic E-state index is -4.50. The molecule has 3 aromatic rings. The molecule has 0 unspecified atom stereocenters. The van der Waals surface area contributed by atoms with Crippen LogP contribution in [0.5, 0.6) is 5.75 Å². The number of carbonyl (C=O) groups is 1. The van der Waals surface area contributed by atoms with Crippen molar-refractivity contribution in [2.45, 2.75) is 68.2 Å². The van der Waals surface area contributed by atoms with E-state index in [2.05, 4.69) is 4.72 Å². The van der Waals surface area contributed by atoms with Gasteiger partial charge >= 0.3 is 0 Å². The first-order valence-corrected chi connectivity index (χ1v) is 17.7. The summed E-state index contributed by atoms with van der Waals surface area (Å²) in [6.45, 7) is 1.28. The smallest absolute Gasteiger partial charge is 0.298 e. The lowest BCUT2D eigenvalue weighted by molar-refractivity contribution is -0.143. The molecule has 1 heterocycles. The number of alkyl halides is 2. The Kier molecular flexibility index (Phi) is 9.50. The first-order chi connectivity index (χ1) is 21.6. The average molecular weight is 657 g/mol. The number of hydrogen-bond donors (Lipinski definition) is 1. The van der Waals surface area contributed by atoms with E-state index in [4.69, 9.17) is 16.3 Å². The Balaban J connectivity index is 1.23. The summed E-state index contributed by atoms with van der Waals surface area (Å²) in [4.78, 5) is 15.0. The third-order valence-corrected chi connectivity index (χ3v) is 11.4. The van der Waals surface area contributed by atoms with E-state index in [9.17, 15) is 13.2 Å². The fourth-order valence-corrected chi connectivity index (χ4v) is 8.39. The van der Waals surface area contributed by atoms with Crippen LogP contribution in [0.4, 0.5) is 8.78 Å². The molecule has 1 N–H and O–H groups in total. The SMILES string of the molecule is O=C([C@@H](NS(=O)(=O)c1ccc(OCC2CCCCC2)cc1)C(F)(F)c1ccc(-c2ccc(Cl)cc2)cc1)N1C[C@H]2CCC[C@H]2C1. The zero-order valence-electron chi connectivity index (χ0n) is 25.1. The van der Waals surface area contributed by atoms with Gasteiger partial charge in [-0.3, -0.25) is 4.79 Å². The quantitative estimate of drug-likeness (QED) is 0.243. The van der Waals surface area contributed by atoms with E-state index in [1.807, 2.05) is 0 Å². The molecule has 2 saturated carbocycles. The molecule has 6 nitrogen and oxygen atoms in total. The summed E-state index contributed by atoms with van der Waals surface area (Å²) in [5, 5.41) is 0.559. The van der Waals surface area contributed by atoms with Crippen molar-refractivity contribution in [2.24, 2.45) is 17.8 Å². The molecule has 1 aliphatic heterocycles. The average Bonchev–Trinajstić information content (AvgIpc) is 3.67. The molecule has 1 amide bonds. The zero-order chi connectivity index (χ0) is 31.6. The first kappa shape index (κ1) is 32.0. The van der Waals surface area contributed by atoms with Gasteiger partial charge in [-0.1, -0.05) is 73.7 Å². The number of nitrogens with zero attached hydrogens (tertiary/aromatic N) is 1. The highest BCUT2D eigenvalue weighted by molar-refractivity contribution is 7.89. The minimum Gasteiger partial charge on any atom is -0.493 e. The monoisotopic (exact) mass is 656 g/mol. The van der Waals surface area contributed by atoms with Crippen LogP contribution in [0, 0.1) is 17.8 Å². The predicted octanol–water partition coefficient (Wildman–Crippen LogP) is 7.66. The van der Waals surface area contributed by atoms with Crippen molar-refractivity contribution in [2.75, 3.05) is 19.7 Å². The summed E-state index contributed by atoms with van der Waals surface area (Å²) in [5.41, 5.74) is 1.03. The number of halogens is 3. The lowest BCUT2D eigenvalue weighted by atomic mass is 9.90. The van der Waals surface area contributed by atoms with E-state index >= 15 is 8.78 Å². The molecule has 1 saturated heterocycles. The standard InChI is InChI=1S/C35H39ClF2N2O4S/c36-30-15-11-26(12-16-30)25-9-13-29(14-10-25)35(37,38)33(34(41)40-21-27-7-4-8-28(27)22-40)39-45(42,43)32-19-17-31(18-20-32)44-23-24-5-2-1-3-6-24/h9-20,24,27-28,33,39H,1-8,21-23H2/t27-,28+,33-/m1/s1. The molecule has 3 aromatic carbocycles. The van der Waals surface area contributed by atoms with Crippen molar-refractivity contribution >= 4 is 27.5 Å². The van der Waals surface area contributed by atoms with Crippen molar-refractivity contribution in [3.05, 3.63) is 83.4 Å². The number of nitrogens with one attached hydrogen (secondary N) is 1. The Labute approximate surface area is 269 Å². The van der Waals surface area contributed by atoms with Gasteiger partial charge in [0.15, 0.2) is 6.04 Å². The van der Waals surface area contributed by atoms with Gasteiger partial charge in [0.05, 0.1) is 11.5 Å². The number of fused-ring (bicyclic) bond motifs is 1. The number of hydrogen-bond acceptors (Lipinski definition) is 4. The van der Waals surface area contributed by atoms with Gasteiger partial charge in [0.25, 0.3) is 5.92 Å². The van der Waals surface area contributed by atoms with E-state index in [0.717, 1.165) is 37.7 Å². The van der Waals surface area contributed by atoms with Crippen molar-refractivity contribution in [1.29, 1.82) is 0 Å². The maximum absolute atomic E-state index is 16.4. The molecular weight excluding hydrogens is 618 g/mol. The summed E-state index contributed by atoms with van der Waals surface area (Å²) in [5.74, 6) is -3.22. The molecule has 10 heteroatoms. The minimum absolute atomic E-state index is 0.211. The highest BCUT2D eigenvalue weighted by Gasteiger charge is 2.51. The van der Waals surface area contributed by atoms with Crippen molar-refractivity contribution in [3.63, 3.8) is 0 Å². The van der Waals surface area contributed by atoms with E-state index in [1.54, 1.807) is 24.3 Å². The van der Waals surface area contributed by atoms with Gasteiger partial charge < -0.3 is 9.64 Å². The summed E-state index contributed by atoms with van der Waals surface area (Å²) in [6, 6.07) is 16.0. The van der Waals surface area contributed by atoms with E-state index in [-0.39, 0.29) is 16.7 Å². The van der Waals surface area contributed by atoms with Crippen LogP contribution in [0.25, 0.3) is 11.1 Å². The molecule has 0 spiro atoms. The van der Waals surface area contributed by atoms with Crippen LogP contribution in [-0.4, -0.2) is 45.0 Å². The number of ether oxygens (including phenoxy) is 1. The fraction of sp³-hybridized carbons (Fsp3) is 0.457. The largest absolute Gasteiger partial charge is 0.493 e. The molecule has 6 rings (SSSR count). The number of amides is 1. The Morgan fingerprint density at radius 3 is 2.02 bits per heavy atom. The molecule has 3 atom stereocenters. The van der Waals surface area contributed by atoms with Gasteiger partial charge in [-0.05, 0) is 91.0 Å². The summed E-state index contributed by atoms with van der Waals surface area (Å²) in [6.07, 6.45) is 8.80. The Hall–Kier alpha value is -3.01. The van der Waals surface area contributed by atoms with Crippen molar-refractivity contribution in [1.82, 2.24) is 9.62 Å². The lowest BCUT2D eigenvalue weighted by Gasteiger charge is -2.31. The van der Waals surface area contributed by atoms with E-state index in [0.29, 0.717) is 41.9 Å². The van der Waals surface area contributed by atoms with Crippen LogP contribution in [0.2, 0.25) is 5.02 Å². The lowest BCUT2D eigenvalue weighted by Crippen LogP contribution is -2.56. The first-order valence-electron chi connectivity index (χ1n) is 15.9. The van der Waals surface area contributed by atoms with Crippen LogP contribution in [0.3, 0.4) is 0 Å². The Morgan fingerprint density at radius 2 is 1.42 bits per heavy atom. The molecule has 3 fully saturated rings. The van der Waals surface area contributed by atoms with Crippen LogP contribution in [-0.2, 0) is 20.7 Å². The Bertz CT molecular complexity index is 1570. The third kappa shape index (κ3) is 7.21. The summed E-state index contributed by atoms with van der Waals surface area (Å²) < 4.78 is 67.9. The number of sulfonamides is 1. The van der Waals surface area contributed by atoms with Gasteiger partial charge in [-0.15, -0.1) is 0 Å². The van der Waals surface area contributed by atoms with Crippen LogP contribution in [0.15, 0.2) is 77.7 Å². The number of benzene rings is 3. The highest BCUT2D eigenvalue weighted by atomic mass is 35.5. The fourth-order valence-electron chi connectivity index (χ4n) is 7.08. The normalized spacial score (nSPS) is 21.4. The molecule has 0 bridgehead atoms. The van der Waals surface area contributed by atoms with Gasteiger partial charge in [0.2, 0.25) is 15.9 Å². The second-order valence-corrected chi connectivity index (χ2v) is 14.9. The molecule has 45 heavy (non-hydrogen) atoms. The summed E-state index contributed by atoms with van der Waals surface area (Å²) in [7, 11) is -4.50. The molecule has 2 aliphatic carbocycles. The number of carbonyl (C=O) groups excluding carboxylic acids is 1. The number of likely N-dealkylation sites (tertiary alicyclic amines) is 1. The zero-order valence-corrected chi connectivity index (χ0v) is 26.7. The summed E-state index contributed by atoms with van der Waals surface area (Å²) >= 11 is 5.98. The van der Waals surface area contributed by atoms with Crippen LogP contribution >= 0.6 is 11.6 Å². The Morgan fingerprint density at radius 1 is 0.844 bits per heavy atom. The highest BCUT2D eigenvalue weighted by Crippen LogP contribution is 2.40. The molecule has 0 aromatic heterocycles. The van der Waals surface area contributed by atoms with Crippen LogP contribution < -0.4 is 9.46 Å². The van der Waals surface area contributed by atoms with E-state index in [1.165, 1.54) is 72.7 Å². The third-order valence-electron chi connectivity index (χ3n) is 9.71. The maximum Gasteiger partial charge on any atom is 0.298 e. The second-order valence-electron chi connectivity index (χ2n) is 12.7. The molecule has 240 valence electrons. The van der Waals surface area contributed by atoms with Gasteiger partial charge in [-0.25, -0.2) is 8.42 Å². The van der Waals surface area contributed by atoms with Gasteiger partial charge in [0, 0.05) is 23.7 Å². The van der Waals surface area contributed by atoms with Crippen LogP contribution in [0.1, 0.15) is 56.9 Å². The molecular formula is C35H39ClF2N2O4S. The molecule has 0 radical (unpaired) electrons. The van der Waals surface area contributed by atoms with Gasteiger partial charge in [0.1, 0.15) is 5.75 Å². The van der Waals surface area contributed by atoms with Crippen molar-refractivity contribution < 1.29 is 26.7 Å². The number of rotatable bonds is 10. The predicted molar refractivity (Wildman–Crippen MR) is 171 cm³/mol. The maximum atomic E-state index is 16.4.